The highest BCUT2D eigenvalue weighted by Crippen LogP contribution is 2.16. The van der Waals surface area contributed by atoms with Crippen LogP contribution in [0.25, 0.3) is 0 Å². The minimum Gasteiger partial charge on any atom is -0.394 e. The summed E-state index contributed by atoms with van der Waals surface area (Å²) in [5.41, 5.74) is -0.148. The Morgan fingerprint density at radius 3 is 2.53 bits per heavy atom. The SMILES string of the molecule is CC(C)NC(C)(CO)CCCN(C)C1CCOCC1. The molecule has 0 amide bonds. The van der Waals surface area contributed by atoms with Gasteiger partial charge in [0, 0.05) is 30.8 Å². The molecule has 1 aliphatic rings. The Labute approximate surface area is 118 Å². The minimum absolute atomic E-state index is 0.148. The van der Waals surface area contributed by atoms with Gasteiger partial charge < -0.3 is 20.1 Å². The summed E-state index contributed by atoms with van der Waals surface area (Å²) < 4.78 is 5.40. The van der Waals surface area contributed by atoms with Crippen molar-refractivity contribution < 1.29 is 9.84 Å². The van der Waals surface area contributed by atoms with Gasteiger partial charge >= 0.3 is 0 Å². The normalized spacial score (nSPS) is 21.0. The first-order chi connectivity index (χ1) is 8.97. The van der Waals surface area contributed by atoms with Crippen molar-refractivity contribution in [2.75, 3.05) is 33.4 Å². The summed E-state index contributed by atoms with van der Waals surface area (Å²) in [4.78, 5) is 2.45. The molecule has 1 atom stereocenters. The summed E-state index contributed by atoms with van der Waals surface area (Å²) in [5.74, 6) is 0. The molecule has 0 saturated carbocycles. The van der Waals surface area contributed by atoms with E-state index >= 15 is 0 Å². The molecule has 2 N–H and O–H groups in total. The zero-order chi connectivity index (χ0) is 14.3. The lowest BCUT2D eigenvalue weighted by molar-refractivity contribution is 0.0413. The summed E-state index contributed by atoms with van der Waals surface area (Å²) in [7, 11) is 2.21. The fourth-order valence-corrected chi connectivity index (χ4v) is 2.92. The monoisotopic (exact) mass is 272 g/mol. The van der Waals surface area contributed by atoms with Crippen LogP contribution in [0.15, 0.2) is 0 Å². The molecule has 1 unspecified atom stereocenters. The van der Waals surface area contributed by atoms with Crippen LogP contribution in [-0.4, -0.2) is 61.0 Å². The number of hydrogen-bond donors (Lipinski definition) is 2. The van der Waals surface area contributed by atoms with E-state index in [-0.39, 0.29) is 12.1 Å². The molecule has 4 heteroatoms. The average Bonchev–Trinajstić information content (AvgIpc) is 2.38. The third-order valence-electron chi connectivity index (χ3n) is 4.04. The van der Waals surface area contributed by atoms with Gasteiger partial charge in [0.15, 0.2) is 0 Å². The predicted octanol–water partition coefficient (Wildman–Crippen LogP) is 1.63. The van der Waals surface area contributed by atoms with Gasteiger partial charge in [0.25, 0.3) is 0 Å². The maximum Gasteiger partial charge on any atom is 0.0610 e. The highest BCUT2D eigenvalue weighted by molar-refractivity contribution is 4.84. The molecule has 1 aliphatic heterocycles. The summed E-state index contributed by atoms with van der Waals surface area (Å²) in [5, 5.41) is 13.0. The molecule has 0 radical (unpaired) electrons. The van der Waals surface area contributed by atoms with Gasteiger partial charge in [-0.25, -0.2) is 0 Å². The van der Waals surface area contributed by atoms with Crippen molar-refractivity contribution in [3.8, 4) is 0 Å². The predicted molar refractivity (Wildman–Crippen MR) is 79.5 cm³/mol. The van der Waals surface area contributed by atoms with Gasteiger partial charge in [-0.05, 0) is 46.2 Å². The van der Waals surface area contributed by atoms with Crippen LogP contribution in [0.1, 0.15) is 46.5 Å². The van der Waals surface area contributed by atoms with E-state index < -0.39 is 0 Å². The zero-order valence-corrected chi connectivity index (χ0v) is 13.1. The molecule has 0 aliphatic carbocycles. The molecule has 4 nitrogen and oxygen atoms in total. The lowest BCUT2D eigenvalue weighted by Crippen LogP contribution is -2.49. The molecule has 0 bridgehead atoms. The van der Waals surface area contributed by atoms with Gasteiger partial charge in [-0.15, -0.1) is 0 Å². The van der Waals surface area contributed by atoms with Crippen molar-refractivity contribution in [2.45, 2.75) is 64.1 Å². The standard InChI is InChI=1S/C15H32N2O2/c1-13(2)16-15(3,12-18)8-5-9-17(4)14-6-10-19-11-7-14/h13-14,16,18H,5-12H2,1-4H3. The average molecular weight is 272 g/mol. The summed E-state index contributed by atoms with van der Waals surface area (Å²) in [6, 6.07) is 1.08. The first-order valence-electron chi connectivity index (χ1n) is 7.63. The number of hydrogen-bond acceptors (Lipinski definition) is 4. The van der Waals surface area contributed by atoms with Crippen LogP contribution < -0.4 is 5.32 Å². The number of aliphatic hydroxyl groups excluding tert-OH is 1. The van der Waals surface area contributed by atoms with Gasteiger partial charge in [0.2, 0.25) is 0 Å². The second-order valence-corrected chi connectivity index (χ2v) is 6.45. The second-order valence-electron chi connectivity index (χ2n) is 6.45. The van der Waals surface area contributed by atoms with E-state index in [0.717, 1.165) is 45.4 Å². The van der Waals surface area contributed by atoms with E-state index in [1.165, 1.54) is 0 Å². The fourth-order valence-electron chi connectivity index (χ4n) is 2.92. The Bertz CT molecular complexity index is 242. The topological polar surface area (TPSA) is 44.7 Å². The van der Waals surface area contributed by atoms with Crippen molar-refractivity contribution in [2.24, 2.45) is 0 Å². The summed E-state index contributed by atoms with van der Waals surface area (Å²) >= 11 is 0. The van der Waals surface area contributed by atoms with Crippen molar-refractivity contribution in [3.05, 3.63) is 0 Å². The van der Waals surface area contributed by atoms with Crippen molar-refractivity contribution >= 4 is 0 Å². The summed E-state index contributed by atoms with van der Waals surface area (Å²) in [6.07, 6.45) is 4.43. The summed E-state index contributed by atoms with van der Waals surface area (Å²) in [6.45, 7) is 9.47. The molecule has 0 aromatic heterocycles. The molecule has 114 valence electrons. The third-order valence-corrected chi connectivity index (χ3v) is 4.04. The van der Waals surface area contributed by atoms with Crippen LogP contribution >= 0.6 is 0 Å². The molecule has 1 rings (SSSR count). The number of nitrogens with zero attached hydrogens (tertiary/aromatic N) is 1. The quantitative estimate of drug-likeness (QED) is 0.705. The van der Waals surface area contributed by atoms with Gasteiger partial charge in [-0.1, -0.05) is 13.8 Å². The lowest BCUT2D eigenvalue weighted by Gasteiger charge is -2.34. The van der Waals surface area contributed by atoms with Crippen LogP contribution in [0.5, 0.6) is 0 Å². The second kappa shape index (κ2) is 8.20. The molecule has 0 spiro atoms. The first kappa shape index (κ1) is 16.9. The largest absolute Gasteiger partial charge is 0.394 e. The molecule has 1 fully saturated rings. The number of ether oxygens (including phenoxy) is 1. The maximum atomic E-state index is 9.56. The highest BCUT2D eigenvalue weighted by atomic mass is 16.5. The molecule has 19 heavy (non-hydrogen) atoms. The van der Waals surface area contributed by atoms with Crippen molar-refractivity contribution in [1.29, 1.82) is 0 Å². The Morgan fingerprint density at radius 2 is 2.00 bits per heavy atom. The third kappa shape index (κ3) is 6.21. The molecule has 0 aromatic carbocycles. The Morgan fingerprint density at radius 1 is 1.37 bits per heavy atom. The van der Waals surface area contributed by atoms with Gasteiger partial charge in [0.05, 0.1) is 6.61 Å². The van der Waals surface area contributed by atoms with E-state index in [0.29, 0.717) is 12.1 Å². The van der Waals surface area contributed by atoms with Gasteiger partial charge in [-0.3, -0.25) is 0 Å². The van der Waals surface area contributed by atoms with Gasteiger partial charge in [-0.2, -0.15) is 0 Å². The number of rotatable bonds is 8. The lowest BCUT2D eigenvalue weighted by atomic mass is 9.95. The maximum absolute atomic E-state index is 9.56. The van der Waals surface area contributed by atoms with E-state index in [2.05, 4.69) is 38.0 Å². The van der Waals surface area contributed by atoms with E-state index in [1.54, 1.807) is 0 Å². The number of aliphatic hydroxyl groups is 1. The Hall–Kier alpha value is -0.160. The van der Waals surface area contributed by atoms with Crippen molar-refractivity contribution in [1.82, 2.24) is 10.2 Å². The van der Waals surface area contributed by atoms with E-state index in [1.807, 2.05) is 0 Å². The van der Waals surface area contributed by atoms with E-state index in [4.69, 9.17) is 4.74 Å². The van der Waals surface area contributed by atoms with Gasteiger partial charge in [0.1, 0.15) is 0 Å². The van der Waals surface area contributed by atoms with Crippen molar-refractivity contribution in [3.63, 3.8) is 0 Å². The van der Waals surface area contributed by atoms with E-state index in [9.17, 15) is 5.11 Å². The Balaban J connectivity index is 2.27. The molecular formula is C15H32N2O2. The zero-order valence-electron chi connectivity index (χ0n) is 13.1. The molecule has 1 heterocycles. The van der Waals surface area contributed by atoms with Crippen LogP contribution in [0.2, 0.25) is 0 Å². The molecule has 0 aromatic rings. The highest BCUT2D eigenvalue weighted by Gasteiger charge is 2.24. The molecule has 1 saturated heterocycles. The van der Waals surface area contributed by atoms with Crippen LogP contribution in [-0.2, 0) is 4.74 Å². The Kier molecular flexibility index (Phi) is 7.29. The first-order valence-corrected chi connectivity index (χ1v) is 7.63. The molecular weight excluding hydrogens is 240 g/mol. The fraction of sp³-hybridized carbons (Fsp3) is 1.00. The van der Waals surface area contributed by atoms with Crippen LogP contribution in [0.4, 0.5) is 0 Å². The smallest absolute Gasteiger partial charge is 0.0610 e. The number of nitrogens with one attached hydrogen (secondary N) is 1. The van der Waals surface area contributed by atoms with Crippen LogP contribution in [0, 0.1) is 0 Å². The van der Waals surface area contributed by atoms with Crippen LogP contribution in [0.3, 0.4) is 0 Å². The minimum atomic E-state index is -0.148.